The van der Waals surface area contributed by atoms with Crippen molar-refractivity contribution in [3.8, 4) is 0 Å². The third kappa shape index (κ3) is 3.49. The molecule has 0 spiro atoms. The molecule has 0 aromatic rings. The quantitative estimate of drug-likeness (QED) is 0.710. The Bertz CT molecular complexity index is 218. The summed E-state index contributed by atoms with van der Waals surface area (Å²) in [6.07, 6.45) is 2.30. The lowest BCUT2D eigenvalue weighted by molar-refractivity contribution is -0.665. The van der Waals surface area contributed by atoms with Gasteiger partial charge in [-0.1, -0.05) is 13.8 Å². The maximum atomic E-state index is 11.6. The standard InChI is InChI=1S/C12H23NO2/c1-9(2)11(14)15-12(3,4)10-5-7-13-8-6-10/h9-10,13H,5-8H2,1-4H3/p+1. The van der Waals surface area contributed by atoms with Crippen LogP contribution in [-0.4, -0.2) is 24.7 Å². The highest BCUT2D eigenvalue weighted by atomic mass is 16.6. The number of carbonyl (C=O) groups excluding carboxylic acids is 1. The zero-order chi connectivity index (χ0) is 11.5. The van der Waals surface area contributed by atoms with Crippen molar-refractivity contribution in [2.75, 3.05) is 13.1 Å². The van der Waals surface area contributed by atoms with Crippen LogP contribution >= 0.6 is 0 Å². The number of rotatable bonds is 3. The number of ether oxygens (including phenoxy) is 1. The van der Waals surface area contributed by atoms with Crippen LogP contribution in [0.3, 0.4) is 0 Å². The van der Waals surface area contributed by atoms with E-state index in [0.29, 0.717) is 5.92 Å². The Morgan fingerprint density at radius 1 is 1.33 bits per heavy atom. The lowest BCUT2D eigenvalue weighted by atomic mass is 9.83. The second-order valence-corrected chi connectivity index (χ2v) is 5.32. The zero-order valence-corrected chi connectivity index (χ0v) is 10.4. The molecular formula is C12H24NO2+. The fourth-order valence-corrected chi connectivity index (χ4v) is 2.08. The van der Waals surface area contributed by atoms with E-state index in [9.17, 15) is 4.79 Å². The average Bonchev–Trinajstić information content (AvgIpc) is 2.18. The van der Waals surface area contributed by atoms with Crippen molar-refractivity contribution < 1.29 is 14.8 Å². The van der Waals surface area contributed by atoms with Crippen molar-refractivity contribution >= 4 is 5.97 Å². The van der Waals surface area contributed by atoms with Gasteiger partial charge in [-0.2, -0.15) is 0 Å². The molecule has 0 unspecified atom stereocenters. The lowest BCUT2D eigenvalue weighted by Crippen LogP contribution is -2.86. The Labute approximate surface area is 92.6 Å². The van der Waals surface area contributed by atoms with Gasteiger partial charge in [-0.05, 0) is 13.8 Å². The van der Waals surface area contributed by atoms with Crippen molar-refractivity contribution in [1.29, 1.82) is 0 Å². The van der Waals surface area contributed by atoms with E-state index < -0.39 is 0 Å². The smallest absolute Gasteiger partial charge is 0.308 e. The molecule has 1 fully saturated rings. The predicted octanol–water partition coefficient (Wildman–Crippen LogP) is 0.938. The van der Waals surface area contributed by atoms with Gasteiger partial charge >= 0.3 is 5.97 Å². The third-order valence-electron chi connectivity index (χ3n) is 3.26. The van der Waals surface area contributed by atoms with E-state index in [2.05, 4.69) is 5.32 Å². The van der Waals surface area contributed by atoms with Crippen molar-refractivity contribution in [2.45, 2.75) is 46.1 Å². The molecular weight excluding hydrogens is 190 g/mol. The average molecular weight is 214 g/mol. The molecule has 1 saturated heterocycles. The van der Waals surface area contributed by atoms with E-state index in [0.717, 1.165) is 25.9 Å². The van der Waals surface area contributed by atoms with Crippen LogP contribution in [0.5, 0.6) is 0 Å². The van der Waals surface area contributed by atoms with Crippen LogP contribution in [0, 0.1) is 11.8 Å². The van der Waals surface area contributed by atoms with Gasteiger partial charge in [0.1, 0.15) is 5.60 Å². The first kappa shape index (κ1) is 12.5. The normalized spacial score (nSPS) is 19.3. The van der Waals surface area contributed by atoms with Crippen molar-refractivity contribution in [1.82, 2.24) is 0 Å². The molecule has 3 heteroatoms. The maximum absolute atomic E-state index is 11.6. The Hall–Kier alpha value is -0.570. The highest BCUT2D eigenvalue weighted by Crippen LogP contribution is 2.28. The minimum absolute atomic E-state index is 0.0283. The van der Waals surface area contributed by atoms with Gasteiger partial charge in [-0.3, -0.25) is 4.79 Å². The first-order valence-corrected chi connectivity index (χ1v) is 5.98. The van der Waals surface area contributed by atoms with Gasteiger partial charge in [0.2, 0.25) is 0 Å². The van der Waals surface area contributed by atoms with Gasteiger partial charge < -0.3 is 10.1 Å². The SMILES string of the molecule is CC(C)C(=O)OC(C)(C)C1CC[NH2+]CC1. The summed E-state index contributed by atoms with van der Waals surface area (Å²) < 4.78 is 5.59. The van der Waals surface area contributed by atoms with Crippen LogP contribution in [-0.2, 0) is 9.53 Å². The van der Waals surface area contributed by atoms with Crippen LogP contribution in [0.25, 0.3) is 0 Å². The Kier molecular flexibility index (Phi) is 4.14. The monoisotopic (exact) mass is 214 g/mol. The number of carbonyl (C=O) groups is 1. The van der Waals surface area contributed by atoms with Gasteiger partial charge in [-0.15, -0.1) is 0 Å². The molecule has 2 N–H and O–H groups in total. The minimum atomic E-state index is -0.296. The Balaban J connectivity index is 2.52. The first-order valence-electron chi connectivity index (χ1n) is 5.98. The number of hydrogen-bond acceptors (Lipinski definition) is 2. The Morgan fingerprint density at radius 2 is 1.87 bits per heavy atom. The molecule has 0 amide bonds. The topological polar surface area (TPSA) is 42.9 Å². The molecule has 1 rings (SSSR count). The van der Waals surface area contributed by atoms with E-state index >= 15 is 0 Å². The maximum Gasteiger partial charge on any atom is 0.308 e. The van der Waals surface area contributed by atoms with Crippen molar-refractivity contribution in [2.24, 2.45) is 11.8 Å². The summed E-state index contributed by atoms with van der Waals surface area (Å²) in [5.41, 5.74) is -0.296. The molecule has 0 aromatic heterocycles. The zero-order valence-electron chi connectivity index (χ0n) is 10.4. The van der Waals surface area contributed by atoms with Crippen LogP contribution in [0.4, 0.5) is 0 Å². The fraction of sp³-hybridized carbons (Fsp3) is 0.917. The number of hydrogen-bond donors (Lipinski definition) is 1. The van der Waals surface area contributed by atoms with E-state index in [-0.39, 0.29) is 17.5 Å². The van der Waals surface area contributed by atoms with E-state index in [1.807, 2.05) is 27.7 Å². The van der Waals surface area contributed by atoms with E-state index in [1.54, 1.807) is 0 Å². The van der Waals surface area contributed by atoms with E-state index in [1.165, 1.54) is 0 Å². The summed E-state index contributed by atoms with van der Waals surface area (Å²) in [5.74, 6) is 0.416. The van der Waals surface area contributed by atoms with E-state index in [4.69, 9.17) is 4.74 Å². The van der Waals surface area contributed by atoms with Crippen LogP contribution in [0.2, 0.25) is 0 Å². The summed E-state index contributed by atoms with van der Waals surface area (Å²) in [6.45, 7) is 10.2. The fourth-order valence-electron chi connectivity index (χ4n) is 2.08. The van der Waals surface area contributed by atoms with Crippen molar-refractivity contribution in [3.63, 3.8) is 0 Å². The molecule has 3 nitrogen and oxygen atoms in total. The lowest BCUT2D eigenvalue weighted by Gasteiger charge is -2.36. The summed E-state index contributed by atoms with van der Waals surface area (Å²) >= 11 is 0. The molecule has 1 aliphatic heterocycles. The van der Waals surface area contributed by atoms with Gasteiger partial charge in [0.15, 0.2) is 0 Å². The second kappa shape index (κ2) is 4.97. The molecule has 1 aliphatic rings. The van der Waals surface area contributed by atoms with Gasteiger partial charge in [-0.25, -0.2) is 0 Å². The van der Waals surface area contributed by atoms with Gasteiger partial charge in [0, 0.05) is 18.8 Å². The van der Waals surface area contributed by atoms with Crippen LogP contribution in [0.1, 0.15) is 40.5 Å². The number of piperidine rings is 1. The largest absolute Gasteiger partial charge is 0.459 e. The molecule has 0 bridgehead atoms. The molecule has 0 aromatic carbocycles. The molecule has 88 valence electrons. The summed E-state index contributed by atoms with van der Waals surface area (Å²) in [5, 5.41) is 2.33. The molecule has 0 saturated carbocycles. The number of esters is 1. The summed E-state index contributed by atoms with van der Waals surface area (Å²) in [4.78, 5) is 11.6. The molecule has 1 heterocycles. The van der Waals surface area contributed by atoms with Crippen LogP contribution in [0.15, 0.2) is 0 Å². The summed E-state index contributed by atoms with van der Waals surface area (Å²) in [6, 6.07) is 0. The van der Waals surface area contributed by atoms with Crippen LogP contribution < -0.4 is 5.32 Å². The summed E-state index contributed by atoms with van der Waals surface area (Å²) in [7, 11) is 0. The molecule has 15 heavy (non-hydrogen) atoms. The second-order valence-electron chi connectivity index (χ2n) is 5.32. The molecule has 0 atom stereocenters. The highest BCUT2D eigenvalue weighted by Gasteiger charge is 2.35. The third-order valence-corrected chi connectivity index (χ3v) is 3.26. The number of quaternary nitrogens is 1. The molecule has 0 radical (unpaired) electrons. The van der Waals surface area contributed by atoms with Gasteiger partial charge in [0.25, 0.3) is 0 Å². The first-order chi connectivity index (χ1) is 6.93. The minimum Gasteiger partial charge on any atom is -0.459 e. The van der Waals surface area contributed by atoms with Gasteiger partial charge in [0.05, 0.1) is 19.0 Å². The highest BCUT2D eigenvalue weighted by molar-refractivity contribution is 5.72. The Morgan fingerprint density at radius 3 is 2.33 bits per heavy atom. The van der Waals surface area contributed by atoms with Crippen molar-refractivity contribution in [3.05, 3.63) is 0 Å². The number of nitrogens with two attached hydrogens (primary N) is 1. The molecule has 0 aliphatic carbocycles. The predicted molar refractivity (Wildman–Crippen MR) is 59.4 cm³/mol.